The summed E-state index contributed by atoms with van der Waals surface area (Å²) in [4.78, 5) is 0. The van der Waals surface area contributed by atoms with Crippen LogP contribution in [0, 0.1) is 5.92 Å². The smallest absolute Gasteiger partial charge is 0.0714 e. The third-order valence-electron chi connectivity index (χ3n) is 3.41. The molecule has 0 spiro atoms. The van der Waals surface area contributed by atoms with E-state index in [2.05, 4.69) is 5.32 Å². The van der Waals surface area contributed by atoms with Crippen LogP contribution in [-0.2, 0) is 9.47 Å². The van der Waals surface area contributed by atoms with Gasteiger partial charge < -0.3 is 20.5 Å². The lowest BCUT2D eigenvalue weighted by Crippen LogP contribution is -2.44. The molecule has 0 bridgehead atoms. The van der Waals surface area contributed by atoms with Gasteiger partial charge in [0.25, 0.3) is 0 Å². The van der Waals surface area contributed by atoms with Gasteiger partial charge in [0.1, 0.15) is 0 Å². The van der Waals surface area contributed by atoms with Crippen LogP contribution in [0.1, 0.15) is 19.3 Å². The van der Waals surface area contributed by atoms with E-state index in [0.717, 1.165) is 52.2 Å². The topological polar surface area (TPSA) is 56.5 Å². The lowest BCUT2D eigenvalue weighted by molar-refractivity contribution is 0.00595. The molecule has 0 aromatic rings. The minimum absolute atomic E-state index is 0.277. The highest BCUT2D eigenvalue weighted by Crippen LogP contribution is 2.21. The Kier molecular flexibility index (Phi) is 4.38. The standard InChI is InChI=1S/C11H22N2O2/c12-11(9-1-4-14-5-2-9)7-10-8-13-3-6-15-10/h9-11,13H,1-8,12H2. The molecule has 4 nitrogen and oxygen atoms in total. The fourth-order valence-electron chi connectivity index (χ4n) is 2.41. The molecule has 3 N–H and O–H groups in total. The van der Waals surface area contributed by atoms with Crippen molar-refractivity contribution in [2.45, 2.75) is 31.4 Å². The summed E-state index contributed by atoms with van der Waals surface area (Å²) in [7, 11) is 0. The van der Waals surface area contributed by atoms with E-state index in [9.17, 15) is 0 Å². The van der Waals surface area contributed by atoms with Crippen LogP contribution in [0.25, 0.3) is 0 Å². The zero-order chi connectivity index (χ0) is 10.5. The van der Waals surface area contributed by atoms with Gasteiger partial charge in [-0.1, -0.05) is 0 Å². The first kappa shape index (κ1) is 11.3. The molecular formula is C11H22N2O2. The second-order valence-electron chi connectivity index (χ2n) is 4.55. The van der Waals surface area contributed by atoms with Crippen LogP contribution in [0.5, 0.6) is 0 Å². The highest BCUT2D eigenvalue weighted by Gasteiger charge is 2.24. The normalized spacial score (nSPS) is 31.4. The summed E-state index contributed by atoms with van der Waals surface area (Å²) in [6.45, 7) is 4.51. The van der Waals surface area contributed by atoms with Crippen LogP contribution in [0.2, 0.25) is 0 Å². The lowest BCUT2D eigenvalue weighted by atomic mass is 9.89. The van der Waals surface area contributed by atoms with Gasteiger partial charge in [-0.25, -0.2) is 0 Å². The van der Waals surface area contributed by atoms with Gasteiger partial charge in [-0.2, -0.15) is 0 Å². The number of ether oxygens (including phenoxy) is 2. The fraction of sp³-hybridized carbons (Fsp3) is 1.00. The Morgan fingerprint density at radius 1 is 1.27 bits per heavy atom. The van der Waals surface area contributed by atoms with Crippen LogP contribution < -0.4 is 11.1 Å². The predicted molar refractivity (Wildman–Crippen MR) is 58.7 cm³/mol. The average molecular weight is 214 g/mol. The largest absolute Gasteiger partial charge is 0.381 e. The molecule has 0 aliphatic carbocycles. The van der Waals surface area contributed by atoms with E-state index in [1.54, 1.807) is 0 Å². The van der Waals surface area contributed by atoms with E-state index in [0.29, 0.717) is 12.0 Å². The van der Waals surface area contributed by atoms with Crippen LogP contribution in [-0.4, -0.2) is 45.1 Å². The van der Waals surface area contributed by atoms with Crippen LogP contribution >= 0.6 is 0 Å². The average Bonchev–Trinajstić information content (AvgIpc) is 2.31. The number of nitrogens with one attached hydrogen (secondary N) is 1. The maximum Gasteiger partial charge on any atom is 0.0714 e. The summed E-state index contributed by atoms with van der Waals surface area (Å²) in [6.07, 6.45) is 3.52. The number of hydrogen-bond donors (Lipinski definition) is 2. The lowest BCUT2D eigenvalue weighted by Gasteiger charge is -2.31. The van der Waals surface area contributed by atoms with Crippen molar-refractivity contribution in [2.24, 2.45) is 11.7 Å². The van der Waals surface area contributed by atoms with Crippen molar-refractivity contribution >= 4 is 0 Å². The predicted octanol–water partition coefficient (Wildman–Crippen LogP) is 0.119. The van der Waals surface area contributed by atoms with Crippen molar-refractivity contribution in [3.8, 4) is 0 Å². The summed E-state index contributed by atoms with van der Waals surface area (Å²) in [5, 5.41) is 3.34. The number of morpholine rings is 1. The van der Waals surface area contributed by atoms with Gasteiger partial charge in [-0.15, -0.1) is 0 Å². The van der Waals surface area contributed by atoms with E-state index < -0.39 is 0 Å². The molecule has 2 heterocycles. The van der Waals surface area contributed by atoms with Gasteiger partial charge in [0.15, 0.2) is 0 Å². The molecule has 0 aromatic carbocycles. The Labute approximate surface area is 91.5 Å². The quantitative estimate of drug-likeness (QED) is 0.700. The van der Waals surface area contributed by atoms with Crippen molar-refractivity contribution in [3.63, 3.8) is 0 Å². The summed E-state index contributed by atoms with van der Waals surface area (Å²) >= 11 is 0. The zero-order valence-corrected chi connectivity index (χ0v) is 9.28. The number of nitrogens with two attached hydrogens (primary N) is 1. The Hall–Kier alpha value is -0.160. The highest BCUT2D eigenvalue weighted by molar-refractivity contribution is 4.80. The first-order chi connectivity index (χ1) is 7.36. The maximum atomic E-state index is 6.22. The minimum atomic E-state index is 0.277. The van der Waals surface area contributed by atoms with E-state index >= 15 is 0 Å². The summed E-state index contributed by atoms with van der Waals surface area (Å²) < 4.78 is 11.0. The zero-order valence-electron chi connectivity index (χ0n) is 9.28. The van der Waals surface area contributed by atoms with Crippen molar-refractivity contribution < 1.29 is 9.47 Å². The highest BCUT2D eigenvalue weighted by atomic mass is 16.5. The van der Waals surface area contributed by atoms with Crippen LogP contribution in [0.3, 0.4) is 0 Å². The minimum Gasteiger partial charge on any atom is -0.381 e. The van der Waals surface area contributed by atoms with Gasteiger partial charge in [0.05, 0.1) is 12.7 Å². The Balaban J connectivity index is 1.72. The summed E-state index contributed by atoms with van der Waals surface area (Å²) in [5.74, 6) is 0.629. The van der Waals surface area contributed by atoms with Gasteiger partial charge in [-0.3, -0.25) is 0 Å². The van der Waals surface area contributed by atoms with Crippen molar-refractivity contribution in [3.05, 3.63) is 0 Å². The van der Waals surface area contributed by atoms with Crippen molar-refractivity contribution in [2.75, 3.05) is 32.9 Å². The monoisotopic (exact) mass is 214 g/mol. The van der Waals surface area contributed by atoms with Crippen molar-refractivity contribution in [1.82, 2.24) is 5.32 Å². The molecule has 15 heavy (non-hydrogen) atoms. The SMILES string of the molecule is NC(CC1CNCCO1)C1CCOCC1. The van der Waals surface area contributed by atoms with E-state index in [1.807, 2.05) is 0 Å². The third-order valence-corrected chi connectivity index (χ3v) is 3.41. The van der Waals surface area contributed by atoms with Crippen molar-refractivity contribution in [1.29, 1.82) is 0 Å². The maximum absolute atomic E-state index is 6.22. The third kappa shape index (κ3) is 3.41. The molecule has 2 atom stereocenters. The molecule has 2 saturated heterocycles. The van der Waals surface area contributed by atoms with Gasteiger partial charge in [-0.05, 0) is 25.2 Å². The molecule has 2 rings (SSSR count). The molecule has 0 saturated carbocycles. The van der Waals surface area contributed by atoms with E-state index in [4.69, 9.17) is 15.2 Å². The summed E-state index contributed by atoms with van der Waals surface area (Å²) in [6, 6.07) is 0.277. The molecule has 2 fully saturated rings. The number of hydrogen-bond acceptors (Lipinski definition) is 4. The van der Waals surface area contributed by atoms with Gasteiger partial charge in [0.2, 0.25) is 0 Å². The molecule has 2 aliphatic rings. The molecule has 88 valence electrons. The Bertz CT molecular complexity index is 177. The first-order valence-corrected chi connectivity index (χ1v) is 6.02. The van der Waals surface area contributed by atoms with E-state index in [1.165, 1.54) is 0 Å². The number of rotatable bonds is 3. The molecule has 0 aromatic heterocycles. The van der Waals surface area contributed by atoms with Gasteiger partial charge >= 0.3 is 0 Å². The second kappa shape index (κ2) is 5.80. The molecule has 2 aliphatic heterocycles. The Morgan fingerprint density at radius 2 is 2.07 bits per heavy atom. The molecule has 0 radical (unpaired) electrons. The first-order valence-electron chi connectivity index (χ1n) is 6.02. The molecule has 2 unspecified atom stereocenters. The molecular weight excluding hydrogens is 192 g/mol. The Morgan fingerprint density at radius 3 is 2.73 bits per heavy atom. The second-order valence-corrected chi connectivity index (χ2v) is 4.55. The summed E-state index contributed by atoms with van der Waals surface area (Å²) in [5.41, 5.74) is 6.22. The fourth-order valence-corrected chi connectivity index (χ4v) is 2.41. The molecule has 4 heteroatoms. The van der Waals surface area contributed by atoms with E-state index in [-0.39, 0.29) is 6.04 Å². The van der Waals surface area contributed by atoms with Crippen LogP contribution in [0.4, 0.5) is 0 Å². The molecule has 0 amide bonds. The van der Waals surface area contributed by atoms with Crippen LogP contribution in [0.15, 0.2) is 0 Å². The van der Waals surface area contributed by atoms with Gasteiger partial charge in [0, 0.05) is 32.3 Å².